The molecule has 0 aromatic heterocycles. The van der Waals surface area contributed by atoms with Crippen molar-refractivity contribution < 1.29 is 116 Å². The molecular formula is C70H102BrClKN3O13. The maximum absolute atomic E-state index is 12.9. The zero-order chi connectivity index (χ0) is 62.7. The first-order chi connectivity index (χ1) is 41.2. The van der Waals surface area contributed by atoms with Crippen LogP contribution in [0.25, 0.3) is 0 Å². The van der Waals surface area contributed by atoms with Crippen LogP contribution in [0.15, 0.2) is 58.2 Å². The van der Waals surface area contributed by atoms with Gasteiger partial charge in [-0.15, -0.1) is 12.4 Å². The van der Waals surface area contributed by atoms with Crippen LogP contribution >= 0.6 is 28.3 Å². The fraction of sp³-hybridized carbons (Fsp3) is 0.614. The van der Waals surface area contributed by atoms with E-state index in [2.05, 4.69) is 53.8 Å². The van der Waals surface area contributed by atoms with Gasteiger partial charge in [-0.2, -0.15) is 0 Å². The fourth-order valence-electron chi connectivity index (χ4n) is 16.4. The molecule has 0 saturated heterocycles. The number of hydrogen-bond donors (Lipinski definition) is 8. The Morgan fingerprint density at radius 1 is 0.517 bits per heavy atom. The summed E-state index contributed by atoms with van der Waals surface area (Å²) >= 11 is 3.56. The third kappa shape index (κ3) is 16.5. The van der Waals surface area contributed by atoms with E-state index in [0.717, 1.165) is 152 Å². The molecule has 0 aliphatic heterocycles. The fourth-order valence-corrected chi connectivity index (χ4v) is 16.8. The maximum atomic E-state index is 12.9. The van der Waals surface area contributed by atoms with Gasteiger partial charge in [-0.1, -0.05) is 112 Å². The van der Waals surface area contributed by atoms with Crippen molar-refractivity contribution >= 4 is 45.6 Å². The Kier molecular flexibility index (Phi) is 30.3. The third-order valence-corrected chi connectivity index (χ3v) is 21.4. The van der Waals surface area contributed by atoms with Crippen LogP contribution in [0.4, 0.5) is 0 Å². The van der Waals surface area contributed by atoms with Gasteiger partial charge >= 0.3 is 51.4 Å². The van der Waals surface area contributed by atoms with E-state index in [0.29, 0.717) is 17.5 Å². The van der Waals surface area contributed by atoms with Gasteiger partial charge in [0.2, 0.25) is 0 Å². The molecule has 0 heterocycles. The van der Waals surface area contributed by atoms with Gasteiger partial charge in [0.25, 0.3) is 0 Å². The standard InChI is InChI=1S/C17H21BrO2.C17H23NO3.C17H25NO2.C17H22O3.C2H6O.ClH.K.H3NO.H2O/c1-17-7-5-3-4-6-11(16(17)19)8-13-14(17)9-12(18)10-15(13)20-2;1-17-7-5-3-4-6-11(16(17)18-20)8-13-14(17)9-12(19)10-15(13)21-2;1-17-7-5-3-4-6-11(16(17)18)8-13-14(17)9-12(19)10-15(13)20-2;1-17-7-5-3-4-6-11(16(17)19)8-13-14(17)9-12(18)10-15(13)20-2;1-2-3;;;1-2;/h9-11H,3-8H2,1-2H3;9-11,19-20H,3-8H2,1-2H3;9-11,16,19H,3-8,18H2,1-2H3;9-11,18H,3-8H2,1-2H3;3H,2H2,1H3;1H;;2H,1H2;1H2/q;;;;;;+1;;/p-1/b;18-16-;;;;;;;. The molecule has 89 heavy (non-hydrogen) atoms. The Morgan fingerprint density at radius 3 is 1.28 bits per heavy atom. The summed E-state index contributed by atoms with van der Waals surface area (Å²) in [5.74, 6) is 9.33. The van der Waals surface area contributed by atoms with Crippen molar-refractivity contribution in [2.24, 2.45) is 40.5 Å². The topological polar surface area (TPSA) is 287 Å². The zero-order valence-electron chi connectivity index (χ0n) is 54.7. The number of hydrogen-bond acceptors (Lipinski definition) is 16. The van der Waals surface area contributed by atoms with Crippen LogP contribution < -0.4 is 82.0 Å². The van der Waals surface area contributed by atoms with Crippen molar-refractivity contribution in [3.05, 3.63) is 97.5 Å². The number of carbonyl (C=O) groups excluding carboxylic acids is 2. The molecule has 11 N–H and O–H groups in total. The second kappa shape index (κ2) is 34.6. The van der Waals surface area contributed by atoms with Crippen molar-refractivity contribution in [1.82, 2.24) is 0 Å². The van der Waals surface area contributed by atoms with Crippen LogP contribution in [0.2, 0.25) is 0 Å². The van der Waals surface area contributed by atoms with Crippen LogP contribution in [-0.4, -0.2) is 94.7 Å². The molecule has 19 heteroatoms. The third-order valence-electron chi connectivity index (χ3n) is 20.9. The Balaban J connectivity index is 0.000000245. The van der Waals surface area contributed by atoms with E-state index < -0.39 is 5.41 Å². The predicted octanol–water partition coefficient (Wildman–Crippen LogP) is 11.1. The summed E-state index contributed by atoms with van der Waals surface area (Å²) in [6, 6.07) is 14.9. The van der Waals surface area contributed by atoms with Gasteiger partial charge in [0.1, 0.15) is 51.8 Å². The molecular weight excluding hydrogens is 1250 g/mol. The van der Waals surface area contributed by atoms with Crippen LogP contribution in [0.5, 0.6) is 40.2 Å². The number of nitrogens with two attached hydrogens (primary N) is 2. The second-order valence-electron chi connectivity index (χ2n) is 26.2. The first-order valence-corrected chi connectivity index (χ1v) is 32.5. The molecule has 8 aliphatic rings. The summed E-state index contributed by atoms with van der Waals surface area (Å²) < 4.78 is 23.0. The van der Waals surface area contributed by atoms with Crippen LogP contribution in [-0.2, 0) is 56.9 Å². The number of carbonyl (C=O) groups is 2. The van der Waals surface area contributed by atoms with Gasteiger partial charge in [-0.25, -0.2) is 5.90 Å². The van der Waals surface area contributed by atoms with Gasteiger partial charge in [-0.05, 0) is 179 Å². The van der Waals surface area contributed by atoms with E-state index in [9.17, 15) is 30.1 Å². The van der Waals surface area contributed by atoms with Gasteiger partial charge < -0.3 is 61.0 Å². The molecule has 0 radical (unpaired) electrons. The average molecular weight is 1350 g/mol. The normalized spacial score (nSPS) is 28.0. The summed E-state index contributed by atoms with van der Waals surface area (Å²) in [5, 5.41) is 57.3. The molecule has 9 unspecified atom stereocenters. The van der Waals surface area contributed by atoms with Crippen molar-refractivity contribution in [3.63, 3.8) is 0 Å². The summed E-state index contributed by atoms with van der Waals surface area (Å²) in [6.07, 6.45) is 25.9. The largest absolute Gasteiger partial charge is 1.00 e. The molecule has 9 atom stereocenters. The monoisotopic (exact) mass is 1350 g/mol. The van der Waals surface area contributed by atoms with E-state index in [4.69, 9.17) is 35.0 Å². The number of phenolic OH excluding ortho intramolecular Hbond substituents is 3. The Labute approximate surface area is 586 Å². The summed E-state index contributed by atoms with van der Waals surface area (Å²) in [5.41, 5.74) is 15.6. The molecule has 4 fully saturated rings. The van der Waals surface area contributed by atoms with Gasteiger partial charge in [0, 0.05) is 63.9 Å². The van der Waals surface area contributed by atoms with Crippen LogP contribution in [0, 0.1) is 23.7 Å². The molecule has 0 amide bonds. The number of nitrogens with zero attached hydrogens (tertiary/aromatic N) is 1. The quantitative estimate of drug-likeness (QED) is 0.0536. The Hall–Kier alpha value is -3.50. The number of halogens is 2. The number of aromatic hydroxyl groups is 3. The van der Waals surface area contributed by atoms with Crippen molar-refractivity contribution in [2.45, 2.75) is 216 Å². The number of Topliss-reactive ketones (excluding diaryl/α,β-unsaturated/α-hetero) is 2. The maximum Gasteiger partial charge on any atom is 1.00 e. The zero-order valence-corrected chi connectivity index (χ0v) is 60.2. The Bertz CT molecular complexity index is 2940. The van der Waals surface area contributed by atoms with E-state index in [1.165, 1.54) is 80.0 Å². The van der Waals surface area contributed by atoms with E-state index in [-0.39, 0.29) is 133 Å². The van der Waals surface area contributed by atoms with Crippen molar-refractivity contribution in [3.8, 4) is 40.2 Å². The molecule has 12 rings (SSSR count). The summed E-state index contributed by atoms with van der Waals surface area (Å²) in [7, 11) is 6.67. The van der Waals surface area contributed by atoms with Crippen LogP contribution in [0.3, 0.4) is 0 Å². The second-order valence-corrected chi connectivity index (χ2v) is 27.1. The van der Waals surface area contributed by atoms with E-state index >= 15 is 0 Å². The molecule has 4 aromatic carbocycles. The number of benzene rings is 4. The average Bonchev–Trinajstić information content (AvgIpc) is 1.47. The molecule has 4 saturated carbocycles. The number of aliphatic hydroxyl groups excluding tert-OH is 1. The van der Waals surface area contributed by atoms with Crippen molar-refractivity contribution in [2.75, 3.05) is 35.0 Å². The van der Waals surface area contributed by atoms with Gasteiger partial charge in [0.05, 0.1) is 45.0 Å². The minimum atomic E-state index is -0.454. The molecule has 0 spiro atoms. The number of rotatable bonds is 4. The number of aliphatic hydroxyl groups is 1. The first-order valence-electron chi connectivity index (χ1n) is 31.7. The molecule has 16 nitrogen and oxygen atoms in total. The minimum absolute atomic E-state index is 0. The number of ketones is 2. The first kappa shape index (κ1) is 77.9. The molecule has 8 aliphatic carbocycles. The van der Waals surface area contributed by atoms with E-state index in [1.807, 2.05) is 25.1 Å². The number of ether oxygens (including phenoxy) is 4. The molecule has 4 aromatic rings. The Morgan fingerprint density at radius 2 is 0.854 bits per heavy atom. The number of fused-ring (bicyclic) bond motifs is 16. The minimum Gasteiger partial charge on any atom is -0.870 e. The predicted molar refractivity (Wildman–Crippen MR) is 350 cm³/mol. The summed E-state index contributed by atoms with van der Waals surface area (Å²) in [4.78, 5) is 25.8. The molecule has 8 bridgehead atoms. The SMILES string of the molecule is CCO.COc1cc(Br)cc2c1CC1CCCCCC2(C)C1=O.COc1cc(O)cc2c1CC1CCCCCC2(C)/C1=N\O.COc1cc(O)cc2c1CC1CCCCCC2(C)C1=O.COc1cc(O)cc2c1CC1CCCCCC2(C)C1N.Cl.NO.[K+].[OH-]. The smallest absolute Gasteiger partial charge is 0.870 e. The number of methoxy groups -OCH3 is 4. The van der Waals surface area contributed by atoms with Gasteiger partial charge in [-0.3, -0.25) is 9.59 Å². The van der Waals surface area contributed by atoms with E-state index in [1.54, 1.807) is 59.6 Å². The number of phenols is 3. The molecule has 490 valence electrons. The number of oxime groups is 1. The van der Waals surface area contributed by atoms with Gasteiger partial charge in [0.15, 0.2) is 0 Å². The summed E-state index contributed by atoms with van der Waals surface area (Å²) in [6.45, 7) is 10.5. The van der Waals surface area contributed by atoms with Crippen molar-refractivity contribution in [1.29, 1.82) is 0 Å². The van der Waals surface area contributed by atoms with Crippen LogP contribution in [0.1, 0.15) is 208 Å².